The molecule has 0 aliphatic carbocycles. The molecule has 0 amide bonds. The Kier molecular flexibility index (Phi) is 3.62. The van der Waals surface area contributed by atoms with Gasteiger partial charge in [-0.3, -0.25) is 0 Å². The molecule has 1 aromatic heterocycles. The van der Waals surface area contributed by atoms with E-state index in [9.17, 15) is 0 Å². The first-order valence-corrected chi connectivity index (χ1v) is 5.46. The third kappa shape index (κ3) is 2.88. The van der Waals surface area contributed by atoms with Gasteiger partial charge in [0.1, 0.15) is 10.5 Å². The van der Waals surface area contributed by atoms with Crippen LogP contribution in [0.4, 0.5) is 0 Å². The van der Waals surface area contributed by atoms with Crippen molar-refractivity contribution in [3.8, 4) is 0 Å². The second-order valence-electron chi connectivity index (χ2n) is 3.52. The number of nitrogens with one attached hydrogen (secondary N) is 1. The highest BCUT2D eigenvalue weighted by molar-refractivity contribution is 9.10. The minimum Gasteiger partial charge on any atom is -0.346 e. The minimum absolute atomic E-state index is 0.615. The Labute approximate surface area is 91.9 Å². The van der Waals surface area contributed by atoms with E-state index in [1.807, 2.05) is 6.92 Å². The van der Waals surface area contributed by atoms with E-state index in [1.165, 1.54) is 0 Å². The molecule has 0 saturated heterocycles. The number of hydrogen-bond donors (Lipinski definition) is 1. The van der Waals surface area contributed by atoms with E-state index in [2.05, 4.69) is 39.7 Å². The van der Waals surface area contributed by atoms with Gasteiger partial charge in [-0.05, 0) is 35.2 Å². The van der Waals surface area contributed by atoms with Crippen LogP contribution in [0.5, 0.6) is 0 Å². The lowest BCUT2D eigenvalue weighted by molar-refractivity contribution is 0.629. The predicted octanol–water partition coefficient (Wildman–Crippen LogP) is 3.41. The summed E-state index contributed by atoms with van der Waals surface area (Å²) in [4.78, 5) is 7.38. The van der Waals surface area contributed by atoms with Crippen LogP contribution in [0.25, 0.3) is 0 Å². The minimum atomic E-state index is 0.615. The van der Waals surface area contributed by atoms with E-state index in [0.717, 1.165) is 22.4 Å². The molecule has 0 atom stereocenters. The highest BCUT2D eigenvalue weighted by Gasteiger charge is 2.05. The van der Waals surface area contributed by atoms with Crippen LogP contribution in [-0.4, -0.2) is 9.97 Å². The number of aromatic nitrogens is 2. The first-order valence-electron chi connectivity index (χ1n) is 4.26. The van der Waals surface area contributed by atoms with Crippen molar-refractivity contribution in [1.82, 2.24) is 9.97 Å². The Hall–Kier alpha value is -0.220. The Morgan fingerprint density at radius 1 is 1.54 bits per heavy atom. The fourth-order valence-electron chi connectivity index (χ4n) is 1.18. The van der Waals surface area contributed by atoms with Crippen molar-refractivity contribution >= 4 is 28.1 Å². The molecule has 0 fully saturated rings. The van der Waals surface area contributed by atoms with E-state index in [1.54, 1.807) is 0 Å². The largest absolute Gasteiger partial charge is 0.346 e. The molecule has 72 valence electrons. The number of H-pyrrole nitrogens is 1. The molecule has 0 saturated carbocycles. The van der Waals surface area contributed by atoms with E-state index in [0.29, 0.717) is 10.6 Å². The zero-order valence-corrected chi connectivity index (χ0v) is 10.4. The van der Waals surface area contributed by atoms with Gasteiger partial charge in [0.15, 0.2) is 0 Å². The van der Waals surface area contributed by atoms with Crippen LogP contribution < -0.4 is 0 Å². The van der Waals surface area contributed by atoms with Gasteiger partial charge in [-0.1, -0.05) is 26.1 Å². The molecule has 0 aliphatic heterocycles. The smallest absolute Gasteiger partial charge is 0.144 e. The van der Waals surface area contributed by atoms with Gasteiger partial charge >= 0.3 is 0 Å². The number of rotatable bonds is 2. The summed E-state index contributed by atoms with van der Waals surface area (Å²) in [6.07, 6.45) is 0.994. The van der Waals surface area contributed by atoms with Crippen LogP contribution >= 0.6 is 28.1 Å². The molecule has 0 unspecified atom stereocenters. The van der Waals surface area contributed by atoms with Crippen molar-refractivity contribution in [3.05, 3.63) is 20.6 Å². The van der Waals surface area contributed by atoms with Crippen molar-refractivity contribution in [2.24, 2.45) is 5.92 Å². The number of aromatic amines is 1. The Balaban J connectivity index is 3.13. The molecule has 0 aromatic carbocycles. The average molecular weight is 261 g/mol. The van der Waals surface area contributed by atoms with Crippen LogP contribution in [0, 0.1) is 17.5 Å². The van der Waals surface area contributed by atoms with Crippen molar-refractivity contribution in [3.63, 3.8) is 0 Å². The van der Waals surface area contributed by atoms with Gasteiger partial charge in [-0.2, -0.15) is 0 Å². The fourth-order valence-corrected chi connectivity index (χ4v) is 1.79. The number of aryl methyl sites for hydroxylation is 1. The lowest BCUT2D eigenvalue weighted by Gasteiger charge is -2.08. The van der Waals surface area contributed by atoms with Gasteiger partial charge in [0, 0.05) is 5.69 Å². The van der Waals surface area contributed by atoms with E-state index < -0.39 is 0 Å². The van der Waals surface area contributed by atoms with Crippen LogP contribution in [0.2, 0.25) is 0 Å². The van der Waals surface area contributed by atoms with Gasteiger partial charge in [-0.15, -0.1) is 0 Å². The van der Waals surface area contributed by atoms with Crippen molar-refractivity contribution in [2.75, 3.05) is 0 Å². The highest BCUT2D eigenvalue weighted by Crippen LogP contribution is 2.18. The normalized spacial score (nSPS) is 10.8. The summed E-state index contributed by atoms with van der Waals surface area (Å²) in [5.74, 6) is 1.49. The van der Waals surface area contributed by atoms with Gasteiger partial charge in [0.05, 0.1) is 4.47 Å². The van der Waals surface area contributed by atoms with Crippen LogP contribution in [0.1, 0.15) is 25.4 Å². The average Bonchev–Trinajstić information content (AvgIpc) is 1.98. The first-order chi connectivity index (χ1) is 6.00. The molecule has 0 radical (unpaired) electrons. The zero-order valence-electron chi connectivity index (χ0n) is 8.02. The second-order valence-corrected chi connectivity index (χ2v) is 4.70. The van der Waals surface area contributed by atoms with Gasteiger partial charge < -0.3 is 4.98 Å². The number of halogens is 1. The second kappa shape index (κ2) is 4.33. The molecule has 0 aliphatic rings. The first kappa shape index (κ1) is 10.9. The summed E-state index contributed by atoms with van der Waals surface area (Å²) in [6.45, 7) is 6.28. The van der Waals surface area contributed by atoms with Gasteiger partial charge in [-0.25, -0.2) is 4.98 Å². The van der Waals surface area contributed by atoms with Crippen LogP contribution in [0.3, 0.4) is 0 Å². The number of hydrogen-bond acceptors (Lipinski definition) is 2. The molecule has 0 bridgehead atoms. The quantitative estimate of drug-likeness (QED) is 0.826. The molecule has 1 rings (SSSR count). The molecule has 2 nitrogen and oxygen atoms in total. The maximum atomic E-state index is 5.10. The molecular weight excluding hydrogens is 248 g/mol. The van der Waals surface area contributed by atoms with Crippen LogP contribution in [0.15, 0.2) is 4.47 Å². The summed E-state index contributed by atoms with van der Waals surface area (Å²) in [5, 5.41) is 0. The Bertz CT molecular complexity index is 357. The van der Waals surface area contributed by atoms with Crippen LogP contribution in [-0.2, 0) is 6.42 Å². The monoisotopic (exact) mass is 260 g/mol. The lowest BCUT2D eigenvalue weighted by Crippen LogP contribution is -2.02. The molecule has 1 aromatic rings. The third-order valence-corrected chi connectivity index (χ3v) is 3.08. The summed E-state index contributed by atoms with van der Waals surface area (Å²) in [5.41, 5.74) is 1.15. The lowest BCUT2D eigenvalue weighted by atomic mass is 10.1. The highest BCUT2D eigenvalue weighted by atomic mass is 79.9. The molecule has 1 heterocycles. The summed E-state index contributed by atoms with van der Waals surface area (Å²) in [6, 6.07) is 0. The standard InChI is InChI=1S/C9H13BrN2S/c1-5(2)4-7-8(10)9(13)12-6(3)11-7/h5H,4H2,1-3H3,(H,11,12,13). The van der Waals surface area contributed by atoms with E-state index in [4.69, 9.17) is 12.2 Å². The van der Waals surface area contributed by atoms with Crippen molar-refractivity contribution in [1.29, 1.82) is 0 Å². The summed E-state index contributed by atoms with van der Waals surface area (Å²) < 4.78 is 1.58. The van der Waals surface area contributed by atoms with Gasteiger partial charge in [0.25, 0.3) is 0 Å². The predicted molar refractivity (Wildman–Crippen MR) is 60.4 cm³/mol. The van der Waals surface area contributed by atoms with Gasteiger partial charge in [0.2, 0.25) is 0 Å². The Morgan fingerprint density at radius 3 is 2.69 bits per heavy atom. The summed E-state index contributed by atoms with van der Waals surface area (Å²) >= 11 is 8.55. The van der Waals surface area contributed by atoms with E-state index >= 15 is 0 Å². The number of nitrogens with zero attached hydrogens (tertiary/aromatic N) is 1. The molecule has 4 heteroatoms. The maximum Gasteiger partial charge on any atom is 0.144 e. The topological polar surface area (TPSA) is 28.7 Å². The molecular formula is C9H13BrN2S. The Morgan fingerprint density at radius 2 is 2.15 bits per heavy atom. The SMILES string of the molecule is Cc1nc(=S)c(Br)c(CC(C)C)[nH]1. The summed E-state index contributed by atoms with van der Waals surface area (Å²) in [7, 11) is 0. The molecule has 13 heavy (non-hydrogen) atoms. The third-order valence-electron chi connectivity index (χ3n) is 1.67. The molecule has 1 N–H and O–H groups in total. The molecule has 0 spiro atoms. The zero-order chi connectivity index (χ0) is 10.0. The fraction of sp³-hybridized carbons (Fsp3) is 0.556. The maximum absolute atomic E-state index is 5.10. The van der Waals surface area contributed by atoms with Crippen molar-refractivity contribution < 1.29 is 0 Å². The van der Waals surface area contributed by atoms with E-state index in [-0.39, 0.29) is 0 Å². The van der Waals surface area contributed by atoms with Crippen molar-refractivity contribution in [2.45, 2.75) is 27.2 Å².